The number of hydrogen-bond acceptors (Lipinski definition) is 4. The first kappa shape index (κ1) is 20.5. The fourth-order valence-electron chi connectivity index (χ4n) is 3.60. The lowest BCUT2D eigenvalue weighted by molar-refractivity contribution is -0.132. The number of sulfonamides is 1. The zero-order valence-electron chi connectivity index (χ0n) is 16.5. The van der Waals surface area contributed by atoms with Gasteiger partial charge in [0.25, 0.3) is 0 Å². The van der Waals surface area contributed by atoms with Crippen LogP contribution in [0.3, 0.4) is 0 Å². The average Bonchev–Trinajstić information content (AvgIpc) is 2.92. The second-order valence-electron chi connectivity index (χ2n) is 7.44. The van der Waals surface area contributed by atoms with Crippen molar-refractivity contribution >= 4 is 15.9 Å². The number of aryl methyl sites for hydroxylation is 1. The van der Waals surface area contributed by atoms with E-state index in [1.165, 1.54) is 4.31 Å². The normalized spacial score (nSPS) is 18.2. The number of rotatable bonds is 6. The molecule has 2 heterocycles. The summed E-state index contributed by atoms with van der Waals surface area (Å²) in [4.78, 5) is 14.4. The lowest BCUT2D eigenvalue weighted by Crippen LogP contribution is -2.39. The van der Waals surface area contributed by atoms with E-state index in [2.05, 4.69) is 5.10 Å². The van der Waals surface area contributed by atoms with Crippen molar-refractivity contribution in [1.29, 1.82) is 0 Å². The molecule has 7 nitrogen and oxygen atoms in total. The highest BCUT2D eigenvalue weighted by molar-refractivity contribution is 7.88. The minimum atomic E-state index is -3.40. The number of carbonyl (C=O) groups excluding carboxylic acids is 1. The first-order valence-corrected chi connectivity index (χ1v) is 11.2. The lowest BCUT2D eigenvalue weighted by atomic mass is 10.1. The van der Waals surface area contributed by atoms with Gasteiger partial charge in [0.2, 0.25) is 15.9 Å². The Morgan fingerprint density at radius 2 is 1.96 bits per heavy atom. The van der Waals surface area contributed by atoms with E-state index in [9.17, 15) is 13.2 Å². The number of benzene rings is 1. The van der Waals surface area contributed by atoms with Crippen LogP contribution < -0.4 is 0 Å². The maximum absolute atomic E-state index is 12.8. The summed E-state index contributed by atoms with van der Waals surface area (Å²) >= 11 is 0. The van der Waals surface area contributed by atoms with Gasteiger partial charge >= 0.3 is 0 Å². The Bertz CT molecular complexity index is 895. The van der Waals surface area contributed by atoms with Crippen LogP contribution >= 0.6 is 0 Å². The van der Waals surface area contributed by atoms with E-state index < -0.39 is 10.0 Å². The summed E-state index contributed by atoms with van der Waals surface area (Å²) in [6, 6.07) is 9.15. The molecule has 0 bridgehead atoms. The van der Waals surface area contributed by atoms with Gasteiger partial charge in [0.15, 0.2) is 0 Å². The molecule has 1 saturated heterocycles. The smallest absolute Gasteiger partial charge is 0.244 e. The van der Waals surface area contributed by atoms with Crippen molar-refractivity contribution in [2.45, 2.75) is 44.5 Å². The monoisotopic (exact) mass is 404 g/mol. The molecular formula is C20H28N4O3S. The second-order valence-corrected chi connectivity index (χ2v) is 9.47. The van der Waals surface area contributed by atoms with Gasteiger partial charge in [0, 0.05) is 32.4 Å². The van der Waals surface area contributed by atoms with Crippen LogP contribution in [0.25, 0.3) is 0 Å². The zero-order chi connectivity index (χ0) is 20.1. The fraction of sp³-hybridized carbons (Fsp3) is 0.500. The van der Waals surface area contributed by atoms with E-state index >= 15 is 0 Å². The SMILES string of the molecule is Cc1cnn(CC(=O)N2CCC[C@H](N(C)S(=O)(=O)Cc3ccccc3)CC2)c1. The van der Waals surface area contributed by atoms with Crippen LogP contribution in [-0.2, 0) is 27.1 Å². The third-order valence-corrected chi connectivity index (χ3v) is 7.13. The molecule has 1 aliphatic heterocycles. The van der Waals surface area contributed by atoms with E-state index in [0.29, 0.717) is 19.5 Å². The summed E-state index contributed by atoms with van der Waals surface area (Å²) in [6.45, 7) is 3.38. The Hall–Kier alpha value is -2.19. The van der Waals surface area contributed by atoms with Crippen LogP contribution in [0.15, 0.2) is 42.7 Å². The van der Waals surface area contributed by atoms with Crippen molar-refractivity contribution in [2.75, 3.05) is 20.1 Å². The highest BCUT2D eigenvalue weighted by atomic mass is 32.2. The minimum absolute atomic E-state index is 0.00212. The van der Waals surface area contributed by atoms with Crippen LogP contribution in [0.5, 0.6) is 0 Å². The molecule has 0 aliphatic carbocycles. The molecule has 1 aromatic carbocycles. The van der Waals surface area contributed by atoms with E-state index in [-0.39, 0.29) is 24.2 Å². The molecule has 1 atom stereocenters. The third kappa shape index (κ3) is 5.20. The van der Waals surface area contributed by atoms with Gasteiger partial charge in [-0.2, -0.15) is 5.10 Å². The predicted molar refractivity (Wildman–Crippen MR) is 108 cm³/mol. The van der Waals surface area contributed by atoms with Crippen molar-refractivity contribution in [3.05, 3.63) is 53.9 Å². The van der Waals surface area contributed by atoms with Gasteiger partial charge in [0.1, 0.15) is 6.54 Å². The van der Waals surface area contributed by atoms with E-state index in [0.717, 1.165) is 24.0 Å². The summed E-state index contributed by atoms with van der Waals surface area (Å²) < 4.78 is 28.8. The molecule has 1 aromatic heterocycles. The topological polar surface area (TPSA) is 75.5 Å². The summed E-state index contributed by atoms with van der Waals surface area (Å²) in [6.07, 6.45) is 5.78. The maximum atomic E-state index is 12.8. The number of carbonyl (C=O) groups is 1. The Labute approximate surface area is 167 Å². The molecule has 152 valence electrons. The van der Waals surface area contributed by atoms with Crippen LogP contribution in [0, 0.1) is 6.92 Å². The van der Waals surface area contributed by atoms with Gasteiger partial charge in [-0.1, -0.05) is 30.3 Å². The summed E-state index contributed by atoms with van der Waals surface area (Å²) in [5.41, 5.74) is 1.81. The third-order valence-electron chi connectivity index (χ3n) is 5.25. The Morgan fingerprint density at radius 1 is 1.21 bits per heavy atom. The fourth-order valence-corrected chi connectivity index (χ4v) is 5.08. The molecule has 1 amide bonds. The Balaban J connectivity index is 1.58. The van der Waals surface area contributed by atoms with Crippen molar-refractivity contribution in [3.8, 4) is 0 Å². The molecule has 0 radical (unpaired) electrons. The van der Waals surface area contributed by atoms with Crippen LogP contribution in [0.4, 0.5) is 0 Å². The minimum Gasteiger partial charge on any atom is -0.341 e. The van der Waals surface area contributed by atoms with E-state index in [4.69, 9.17) is 0 Å². The molecular weight excluding hydrogens is 376 g/mol. The first-order chi connectivity index (χ1) is 13.3. The maximum Gasteiger partial charge on any atom is 0.244 e. The highest BCUT2D eigenvalue weighted by Crippen LogP contribution is 2.21. The van der Waals surface area contributed by atoms with E-state index in [1.807, 2.05) is 48.4 Å². The van der Waals surface area contributed by atoms with Crippen LogP contribution in [-0.4, -0.2) is 59.5 Å². The molecule has 0 N–H and O–H groups in total. The molecule has 3 rings (SSSR count). The number of likely N-dealkylation sites (tertiary alicyclic amines) is 1. The summed E-state index contributed by atoms with van der Waals surface area (Å²) in [5, 5.41) is 4.17. The van der Waals surface area contributed by atoms with Crippen molar-refractivity contribution in [2.24, 2.45) is 0 Å². The standard InChI is InChI=1S/C20H28N4O3S/c1-17-13-21-24(14-17)15-20(25)23-11-6-9-19(10-12-23)22(2)28(26,27)16-18-7-4-3-5-8-18/h3-5,7-8,13-14,19H,6,9-12,15-16H2,1-2H3/t19-/m0/s1. The number of amides is 1. The second kappa shape index (κ2) is 8.87. The Kier molecular flexibility index (Phi) is 6.51. The summed E-state index contributed by atoms with van der Waals surface area (Å²) in [7, 11) is -1.74. The van der Waals surface area contributed by atoms with Crippen molar-refractivity contribution in [1.82, 2.24) is 19.0 Å². The van der Waals surface area contributed by atoms with Crippen molar-refractivity contribution < 1.29 is 13.2 Å². The molecule has 1 aliphatic rings. The first-order valence-electron chi connectivity index (χ1n) is 9.61. The number of hydrogen-bond donors (Lipinski definition) is 0. The largest absolute Gasteiger partial charge is 0.341 e. The number of nitrogens with zero attached hydrogens (tertiary/aromatic N) is 4. The molecule has 2 aromatic rings. The average molecular weight is 405 g/mol. The van der Waals surface area contributed by atoms with Gasteiger partial charge < -0.3 is 4.90 Å². The predicted octanol–water partition coefficient (Wildman–Crippen LogP) is 2.03. The van der Waals surface area contributed by atoms with Crippen molar-refractivity contribution in [3.63, 3.8) is 0 Å². The molecule has 28 heavy (non-hydrogen) atoms. The lowest BCUT2D eigenvalue weighted by Gasteiger charge is -2.27. The highest BCUT2D eigenvalue weighted by Gasteiger charge is 2.29. The van der Waals surface area contributed by atoms with E-state index in [1.54, 1.807) is 17.9 Å². The van der Waals surface area contributed by atoms with Gasteiger partial charge in [-0.05, 0) is 37.3 Å². The zero-order valence-corrected chi connectivity index (χ0v) is 17.3. The summed E-state index contributed by atoms with van der Waals surface area (Å²) in [5.74, 6) is 0.0285. The van der Waals surface area contributed by atoms with Crippen LogP contribution in [0.1, 0.15) is 30.4 Å². The molecule has 0 saturated carbocycles. The molecule has 0 spiro atoms. The molecule has 1 fully saturated rings. The quantitative estimate of drug-likeness (QED) is 0.738. The van der Waals surface area contributed by atoms with Gasteiger partial charge in [-0.25, -0.2) is 12.7 Å². The van der Waals surface area contributed by atoms with Gasteiger partial charge in [-0.15, -0.1) is 0 Å². The Morgan fingerprint density at radius 3 is 2.64 bits per heavy atom. The van der Waals surface area contributed by atoms with Gasteiger partial charge in [0.05, 0.1) is 11.9 Å². The molecule has 0 unspecified atom stereocenters. The van der Waals surface area contributed by atoms with Gasteiger partial charge in [-0.3, -0.25) is 9.48 Å². The molecule has 8 heteroatoms. The van der Waals surface area contributed by atoms with Crippen LogP contribution in [0.2, 0.25) is 0 Å². The number of aromatic nitrogens is 2.